The van der Waals surface area contributed by atoms with Gasteiger partial charge < -0.3 is 14.5 Å². The molecule has 4 aromatic rings. The average molecular weight is 466 g/mol. The number of rotatable bonds is 5. The van der Waals surface area contributed by atoms with Crippen molar-refractivity contribution in [1.29, 1.82) is 0 Å². The minimum atomic E-state index is -0.609. The third kappa shape index (κ3) is 4.41. The number of hydrogen-bond acceptors (Lipinski definition) is 5. The lowest BCUT2D eigenvalue weighted by Crippen LogP contribution is -2.30. The molecule has 0 unspecified atom stereocenters. The number of ether oxygens (including phenoxy) is 1. The molecule has 0 radical (unpaired) electrons. The van der Waals surface area contributed by atoms with Crippen molar-refractivity contribution < 1.29 is 18.7 Å². The lowest BCUT2D eigenvalue weighted by molar-refractivity contribution is -0.143. The molecule has 0 atom stereocenters. The maximum atomic E-state index is 12.3. The number of hydrogen-bond donors (Lipinski definition) is 1. The van der Waals surface area contributed by atoms with Crippen LogP contribution in [-0.4, -0.2) is 18.4 Å². The summed E-state index contributed by atoms with van der Waals surface area (Å²) < 4.78 is 11.2. The molecule has 0 saturated heterocycles. The molecule has 30 heavy (non-hydrogen) atoms. The standard InChI is InChI=1S/C23H16BrNO5/c24-18-7-8-19-17(10-21(26)30-20(19)11-18)13-29-22(27)12-25-23(28)16-6-5-14-3-1-2-4-15(14)9-16/h1-11H,12-13H2,(H,25,28). The Kier molecular flexibility index (Phi) is 5.63. The topological polar surface area (TPSA) is 85.6 Å². The summed E-state index contributed by atoms with van der Waals surface area (Å²) in [5.74, 6) is -0.976. The Balaban J connectivity index is 1.38. The van der Waals surface area contributed by atoms with Crippen LogP contribution in [0, 0.1) is 0 Å². The predicted molar refractivity (Wildman–Crippen MR) is 116 cm³/mol. The maximum absolute atomic E-state index is 12.3. The van der Waals surface area contributed by atoms with Gasteiger partial charge in [-0.15, -0.1) is 0 Å². The van der Waals surface area contributed by atoms with E-state index in [2.05, 4.69) is 21.2 Å². The summed E-state index contributed by atoms with van der Waals surface area (Å²) in [6, 6.07) is 19.6. The molecular formula is C23H16BrNO5. The molecule has 1 N–H and O–H groups in total. The normalized spacial score (nSPS) is 10.8. The monoisotopic (exact) mass is 465 g/mol. The van der Waals surface area contributed by atoms with Gasteiger partial charge in [0.2, 0.25) is 0 Å². The van der Waals surface area contributed by atoms with Crippen LogP contribution < -0.4 is 10.9 Å². The van der Waals surface area contributed by atoms with Gasteiger partial charge in [-0.3, -0.25) is 9.59 Å². The molecule has 6 nitrogen and oxygen atoms in total. The number of halogens is 1. The van der Waals surface area contributed by atoms with E-state index in [9.17, 15) is 14.4 Å². The molecular weight excluding hydrogens is 450 g/mol. The number of amides is 1. The lowest BCUT2D eigenvalue weighted by atomic mass is 10.1. The Morgan fingerprint density at radius 2 is 1.77 bits per heavy atom. The van der Waals surface area contributed by atoms with Crippen LogP contribution in [0.4, 0.5) is 0 Å². The summed E-state index contributed by atoms with van der Waals surface area (Å²) >= 11 is 3.32. The zero-order chi connectivity index (χ0) is 21.1. The van der Waals surface area contributed by atoms with E-state index in [0.29, 0.717) is 22.1 Å². The summed E-state index contributed by atoms with van der Waals surface area (Å²) in [6.07, 6.45) is 0. The molecule has 0 spiro atoms. The number of benzene rings is 3. The second kappa shape index (κ2) is 8.51. The highest BCUT2D eigenvalue weighted by molar-refractivity contribution is 9.10. The van der Waals surface area contributed by atoms with E-state index in [1.54, 1.807) is 30.3 Å². The Morgan fingerprint density at radius 1 is 0.967 bits per heavy atom. The minimum Gasteiger partial charge on any atom is -0.459 e. The van der Waals surface area contributed by atoms with Gasteiger partial charge in [-0.1, -0.05) is 46.3 Å². The largest absolute Gasteiger partial charge is 0.459 e. The summed E-state index contributed by atoms with van der Waals surface area (Å²) in [5.41, 5.74) is 0.852. The lowest BCUT2D eigenvalue weighted by Gasteiger charge is -2.09. The quantitative estimate of drug-likeness (QED) is 0.352. The number of fused-ring (bicyclic) bond motifs is 2. The van der Waals surface area contributed by atoms with Gasteiger partial charge in [0.15, 0.2) is 0 Å². The fraction of sp³-hybridized carbons (Fsp3) is 0.0870. The Morgan fingerprint density at radius 3 is 2.60 bits per heavy atom. The van der Waals surface area contributed by atoms with Crippen LogP contribution >= 0.6 is 15.9 Å². The van der Waals surface area contributed by atoms with Gasteiger partial charge in [0.05, 0.1) is 0 Å². The minimum absolute atomic E-state index is 0.103. The predicted octanol–water partition coefficient (Wildman–Crippen LogP) is 4.18. The van der Waals surface area contributed by atoms with Crippen molar-refractivity contribution in [2.45, 2.75) is 6.61 Å². The van der Waals surface area contributed by atoms with E-state index in [1.807, 2.05) is 30.3 Å². The second-order valence-electron chi connectivity index (χ2n) is 6.64. The fourth-order valence-corrected chi connectivity index (χ4v) is 3.46. The van der Waals surface area contributed by atoms with Crippen LogP contribution in [0.25, 0.3) is 21.7 Å². The molecule has 7 heteroatoms. The molecule has 0 saturated carbocycles. The highest BCUT2D eigenvalue weighted by Crippen LogP contribution is 2.22. The third-order valence-corrected chi connectivity index (χ3v) is 5.08. The molecule has 1 amide bonds. The molecule has 3 aromatic carbocycles. The van der Waals surface area contributed by atoms with Crippen LogP contribution in [0.5, 0.6) is 0 Å². The van der Waals surface area contributed by atoms with Crippen LogP contribution in [0.15, 0.2) is 80.4 Å². The van der Waals surface area contributed by atoms with Gasteiger partial charge in [0, 0.05) is 27.1 Å². The summed E-state index contributed by atoms with van der Waals surface area (Å²) in [5, 5.41) is 5.19. The molecule has 0 aliphatic heterocycles. The number of esters is 1. The molecule has 0 aliphatic rings. The van der Waals surface area contributed by atoms with Crippen molar-refractivity contribution in [1.82, 2.24) is 5.32 Å². The van der Waals surface area contributed by atoms with Crippen molar-refractivity contribution in [3.05, 3.63) is 92.7 Å². The van der Waals surface area contributed by atoms with E-state index in [1.165, 1.54) is 6.07 Å². The SMILES string of the molecule is O=C(CNC(=O)c1ccc2ccccc2c1)OCc1cc(=O)oc2cc(Br)ccc12. The molecule has 4 rings (SSSR count). The number of carbonyl (C=O) groups is 2. The Labute approximate surface area is 179 Å². The summed E-state index contributed by atoms with van der Waals surface area (Å²) in [6.45, 7) is -0.384. The van der Waals surface area contributed by atoms with Crippen molar-refractivity contribution in [3.63, 3.8) is 0 Å². The van der Waals surface area contributed by atoms with Crippen molar-refractivity contribution in [2.75, 3.05) is 6.54 Å². The maximum Gasteiger partial charge on any atom is 0.336 e. The van der Waals surface area contributed by atoms with E-state index in [0.717, 1.165) is 15.2 Å². The molecule has 0 fully saturated rings. The van der Waals surface area contributed by atoms with E-state index >= 15 is 0 Å². The van der Waals surface area contributed by atoms with E-state index in [-0.39, 0.29) is 19.1 Å². The van der Waals surface area contributed by atoms with Crippen molar-refractivity contribution in [3.8, 4) is 0 Å². The first kappa shape index (κ1) is 19.8. The first-order valence-electron chi connectivity index (χ1n) is 9.14. The Bertz CT molecular complexity index is 1330. The first-order valence-corrected chi connectivity index (χ1v) is 9.94. The number of nitrogens with one attached hydrogen (secondary N) is 1. The zero-order valence-corrected chi connectivity index (χ0v) is 17.3. The van der Waals surface area contributed by atoms with Gasteiger partial charge in [-0.2, -0.15) is 0 Å². The average Bonchev–Trinajstić information content (AvgIpc) is 2.75. The summed E-state index contributed by atoms with van der Waals surface area (Å²) in [7, 11) is 0. The highest BCUT2D eigenvalue weighted by Gasteiger charge is 2.12. The van der Waals surface area contributed by atoms with Gasteiger partial charge in [0.25, 0.3) is 5.91 Å². The van der Waals surface area contributed by atoms with Crippen LogP contribution in [0.2, 0.25) is 0 Å². The van der Waals surface area contributed by atoms with E-state index < -0.39 is 11.6 Å². The first-order chi connectivity index (χ1) is 14.5. The molecule has 1 heterocycles. The molecule has 1 aromatic heterocycles. The van der Waals surface area contributed by atoms with Gasteiger partial charge in [0.1, 0.15) is 18.7 Å². The molecule has 0 bridgehead atoms. The van der Waals surface area contributed by atoms with Crippen LogP contribution in [0.1, 0.15) is 15.9 Å². The fourth-order valence-electron chi connectivity index (χ4n) is 3.12. The Hall–Kier alpha value is -3.45. The van der Waals surface area contributed by atoms with Crippen LogP contribution in [0.3, 0.4) is 0 Å². The van der Waals surface area contributed by atoms with E-state index in [4.69, 9.17) is 9.15 Å². The third-order valence-electron chi connectivity index (χ3n) is 4.59. The molecule has 0 aliphatic carbocycles. The van der Waals surface area contributed by atoms with Crippen molar-refractivity contribution >= 4 is 49.5 Å². The van der Waals surface area contributed by atoms with Gasteiger partial charge >= 0.3 is 11.6 Å². The second-order valence-corrected chi connectivity index (χ2v) is 7.55. The zero-order valence-electron chi connectivity index (χ0n) is 15.7. The number of carbonyl (C=O) groups excluding carboxylic acids is 2. The van der Waals surface area contributed by atoms with Crippen molar-refractivity contribution in [2.24, 2.45) is 0 Å². The molecule has 150 valence electrons. The smallest absolute Gasteiger partial charge is 0.336 e. The summed E-state index contributed by atoms with van der Waals surface area (Å²) in [4.78, 5) is 36.2. The van der Waals surface area contributed by atoms with Gasteiger partial charge in [-0.05, 0) is 41.1 Å². The van der Waals surface area contributed by atoms with Crippen LogP contribution in [-0.2, 0) is 16.1 Å². The van der Waals surface area contributed by atoms with Gasteiger partial charge in [-0.25, -0.2) is 4.79 Å². The highest BCUT2D eigenvalue weighted by atomic mass is 79.9.